The second kappa shape index (κ2) is 5.74. The zero-order valence-corrected chi connectivity index (χ0v) is 10.3. The van der Waals surface area contributed by atoms with Crippen LogP contribution in [0.4, 0.5) is 39.5 Å². The third kappa shape index (κ3) is 3.57. The molecule has 108 valence electrons. The van der Waals surface area contributed by atoms with E-state index in [0.717, 1.165) is 0 Å². The summed E-state index contributed by atoms with van der Waals surface area (Å²) in [6.07, 6.45) is -11.2. The summed E-state index contributed by atoms with van der Waals surface area (Å²) in [5.41, 5.74) is 0. The highest BCUT2D eigenvalue weighted by molar-refractivity contribution is 14.1. The van der Waals surface area contributed by atoms with Gasteiger partial charge in [-0.1, -0.05) is 22.6 Å². The SMILES string of the molecule is FC(F)=C(F)OC(F)(F)C(F)(F)C(F)(F)CCI. The van der Waals surface area contributed by atoms with Crippen LogP contribution in [0, 0.1) is 0 Å². The van der Waals surface area contributed by atoms with E-state index in [1.54, 1.807) is 0 Å². The minimum absolute atomic E-state index is 0.619. The summed E-state index contributed by atoms with van der Waals surface area (Å²) in [4.78, 5) is 0. The van der Waals surface area contributed by atoms with E-state index in [1.807, 2.05) is 0 Å². The normalized spacial score (nSPS) is 13.4. The van der Waals surface area contributed by atoms with Crippen LogP contribution in [0.2, 0.25) is 0 Å². The average molecular weight is 402 g/mol. The van der Waals surface area contributed by atoms with Crippen LogP contribution in [0.5, 0.6) is 0 Å². The van der Waals surface area contributed by atoms with Crippen molar-refractivity contribution < 1.29 is 44.3 Å². The van der Waals surface area contributed by atoms with Crippen LogP contribution in [0.1, 0.15) is 6.42 Å². The van der Waals surface area contributed by atoms with Crippen molar-refractivity contribution in [3.63, 3.8) is 0 Å². The molecule has 1 nitrogen and oxygen atoms in total. The summed E-state index contributed by atoms with van der Waals surface area (Å²) >= 11 is 1.21. The van der Waals surface area contributed by atoms with Crippen molar-refractivity contribution >= 4 is 22.6 Å². The monoisotopic (exact) mass is 402 g/mol. The molecule has 0 aliphatic rings. The molecule has 0 saturated heterocycles. The molecule has 0 fully saturated rings. The van der Waals surface area contributed by atoms with E-state index in [1.165, 1.54) is 22.6 Å². The quantitative estimate of drug-likeness (QED) is 0.270. The fourth-order valence-electron chi connectivity index (χ4n) is 0.704. The van der Waals surface area contributed by atoms with Gasteiger partial charge >= 0.3 is 30.0 Å². The Kier molecular flexibility index (Phi) is 5.62. The molecule has 0 unspecified atom stereocenters. The van der Waals surface area contributed by atoms with E-state index in [4.69, 9.17) is 0 Å². The molecule has 0 rings (SSSR count). The fraction of sp³-hybridized carbons (Fsp3) is 0.714. The number of halogens is 10. The summed E-state index contributed by atoms with van der Waals surface area (Å²) in [5, 5.41) is 0. The lowest BCUT2D eigenvalue weighted by molar-refractivity contribution is -0.393. The Labute approximate surface area is 108 Å². The predicted molar refractivity (Wildman–Crippen MR) is 49.8 cm³/mol. The van der Waals surface area contributed by atoms with Crippen molar-refractivity contribution in [3.05, 3.63) is 12.1 Å². The molecular weight excluding hydrogens is 398 g/mol. The second-order valence-electron chi connectivity index (χ2n) is 2.87. The molecule has 11 heteroatoms. The molecule has 0 aromatic carbocycles. The topological polar surface area (TPSA) is 9.23 Å². The van der Waals surface area contributed by atoms with Gasteiger partial charge in [-0.2, -0.15) is 39.5 Å². The van der Waals surface area contributed by atoms with Gasteiger partial charge in [0, 0.05) is 10.8 Å². The first-order chi connectivity index (χ1) is 7.89. The number of hydrogen-bond acceptors (Lipinski definition) is 1. The molecule has 0 aromatic heterocycles. The molecule has 0 aliphatic heterocycles. The molecule has 0 spiro atoms. The van der Waals surface area contributed by atoms with Gasteiger partial charge in [0.1, 0.15) is 0 Å². The van der Waals surface area contributed by atoms with Gasteiger partial charge in [0.05, 0.1) is 0 Å². The van der Waals surface area contributed by atoms with Crippen LogP contribution in [-0.4, -0.2) is 22.4 Å². The smallest absolute Gasteiger partial charge is 0.397 e. The van der Waals surface area contributed by atoms with Gasteiger partial charge in [0.15, 0.2) is 0 Å². The van der Waals surface area contributed by atoms with Crippen molar-refractivity contribution in [2.75, 3.05) is 4.43 Å². The molecule has 0 radical (unpaired) electrons. The highest BCUT2D eigenvalue weighted by Crippen LogP contribution is 2.49. The van der Waals surface area contributed by atoms with Gasteiger partial charge in [-0.3, -0.25) is 0 Å². The summed E-state index contributed by atoms with van der Waals surface area (Å²) in [6.45, 7) is 0. The summed E-state index contributed by atoms with van der Waals surface area (Å²) in [7, 11) is 0. The lowest BCUT2D eigenvalue weighted by atomic mass is 10.1. The van der Waals surface area contributed by atoms with Crippen molar-refractivity contribution in [1.29, 1.82) is 0 Å². The molecule has 18 heavy (non-hydrogen) atoms. The zero-order chi connectivity index (χ0) is 14.8. The van der Waals surface area contributed by atoms with E-state index < -0.39 is 40.9 Å². The Hall–Kier alpha value is -0.360. The molecule has 0 atom stereocenters. The number of alkyl halides is 7. The van der Waals surface area contributed by atoms with Gasteiger partial charge in [-0.15, -0.1) is 0 Å². The highest BCUT2D eigenvalue weighted by Gasteiger charge is 2.73. The van der Waals surface area contributed by atoms with E-state index >= 15 is 0 Å². The van der Waals surface area contributed by atoms with E-state index in [9.17, 15) is 39.5 Å². The maximum absolute atomic E-state index is 12.7. The van der Waals surface area contributed by atoms with Gasteiger partial charge in [-0.05, 0) is 0 Å². The van der Waals surface area contributed by atoms with Crippen LogP contribution in [-0.2, 0) is 4.74 Å². The van der Waals surface area contributed by atoms with Crippen LogP contribution >= 0.6 is 22.6 Å². The molecule has 0 N–H and O–H groups in total. The number of hydrogen-bond donors (Lipinski definition) is 0. The molecule has 0 amide bonds. The summed E-state index contributed by atoms with van der Waals surface area (Å²) in [5.74, 6) is -11.4. The molecule has 0 aliphatic carbocycles. The lowest BCUT2D eigenvalue weighted by Crippen LogP contribution is -2.55. The maximum Gasteiger partial charge on any atom is 0.472 e. The molecule has 0 heterocycles. The first-order valence-corrected chi connectivity index (χ1v) is 5.51. The zero-order valence-electron chi connectivity index (χ0n) is 8.10. The largest absolute Gasteiger partial charge is 0.472 e. The van der Waals surface area contributed by atoms with Gasteiger partial charge in [0.2, 0.25) is 0 Å². The first kappa shape index (κ1) is 17.6. The van der Waals surface area contributed by atoms with Crippen LogP contribution < -0.4 is 0 Å². The van der Waals surface area contributed by atoms with Gasteiger partial charge in [-0.25, -0.2) is 0 Å². The van der Waals surface area contributed by atoms with Crippen LogP contribution in [0.25, 0.3) is 0 Å². The van der Waals surface area contributed by atoms with E-state index in [2.05, 4.69) is 4.74 Å². The highest BCUT2D eigenvalue weighted by atomic mass is 127. The van der Waals surface area contributed by atoms with Crippen molar-refractivity contribution in [1.82, 2.24) is 0 Å². The second-order valence-corrected chi connectivity index (χ2v) is 3.95. The fourth-order valence-corrected chi connectivity index (χ4v) is 1.38. The van der Waals surface area contributed by atoms with Gasteiger partial charge in [0.25, 0.3) is 0 Å². The molecule has 0 aromatic rings. The minimum Gasteiger partial charge on any atom is -0.397 e. The van der Waals surface area contributed by atoms with E-state index in [0.29, 0.717) is 0 Å². The third-order valence-electron chi connectivity index (χ3n) is 1.60. The predicted octanol–water partition coefficient (Wildman–Crippen LogP) is 4.73. The van der Waals surface area contributed by atoms with Crippen LogP contribution in [0.15, 0.2) is 12.1 Å². The lowest BCUT2D eigenvalue weighted by Gasteiger charge is -2.31. The Morgan fingerprint density at radius 1 is 0.944 bits per heavy atom. The summed E-state index contributed by atoms with van der Waals surface area (Å²) in [6, 6.07) is -3.34. The number of ether oxygens (including phenoxy) is 1. The Morgan fingerprint density at radius 2 is 1.39 bits per heavy atom. The maximum atomic E-state index is 12.7. The average Bonchev–Trinajstić information content (AvgIpc) is 2.15. The Morgan fingerprint density at radius 3 is 1.72 bits per heavy atom. The molecule has 0 bridgehead atoms. The van der Waals surface area contributed by atoms with Crippen molar-refractivity contribution in [3.8, 4) is 0 Å². The Balaban J connectivity index is 5.26. The van der Waals surface area contributed by atoms with E-state index in [-0.39, 0.29) is 0 Å². The van der Waals surface area contributed by atoms with Crippen molar-refractivity contribution in [2.24, 2.45) is 0 Å². The van der Waals surface area contributed by atoms with Gasteiger partial charge < -0.3 is 4.74 Å². The first-order valence-electron chi connectivity index (χ1n) is 3.98. The van der Waals surface area contributed by atoms with Crippen molar-refractivity contribution in [2.45, 2.75) is 24.4 Å². The standard InChI is InChI=1S/C7H4F9IO/c8-3(9)4(10)18-7(15,16)6(13,14)5(11,12)1-2-17/h1-2H2. The molecule has 0 saturated carbocycles. The molecular formula is C7H4F9IO. The minimum atomic E-state index is -6.14. The Bertz CT molecular complexity index is 323. The number of rotatable bonds is 6. The third-order valence-corrected chi connectivity index (χ3v) is 2.14. The summed E-state index contributed by atoms with van der Waals surface area (Å²) < 4.78 is 112. The van der Waals surface area contributed by atoms with Crippen LogP contribution in [0.3, 0.4) is 0 Å².